The molecule has 2 saturated carbocycles. The van der Waals surface area contributed by atoms with Gasteiger partial charge in [-0.05, 0) is 69.7 Å². The fourth-order valence-electron chi connectivity index (χ4n) is 7.26. The number of furan rings is 1. The van der Waals surface area contributed by atoms with E-state index in [4.69, 9.17) is 30.5 Å². The maximum absolute atomic E-state index is 14.6. The average molecular weight is 808 g/mol. The maximum Gasteiger partial charge on any atom is 0.408 e. The molecule has 298 valence electrons. The van der Waals surface area contributed by atoms with Crippen molar-refractivity contribution in [1.82, 2.24) is 25.2 Å². The normalized spacial score (nSPS) is 23.1. The highest BCUT2D eigenvalue weighted by atomic mass is 35.5. The Hall–Kier alpha value is -4.89. The second-order valence-corrected chi connectivity index (χ2v) is 19.4. The summed E-state index contributed by atoms with van der Waals surface area (Å²) >= 11 is 6.35. The number of sulfonamides is 1. The number of amides is 4. The van der Waals surface area contributed by atoms with Crippen molar-refractivity contribution in [3.63, 3.8) is 0 Å². The van der Waals surface area contributed by atoms with Crippen molar-refractivity contribution < 1.29 is 41.5 Å². The number of carbonyl (C=O) groups is 4. The van der Waals surface area contributed by atoms with Gasteiger partial charge in [0.15, 0.2) is 5.58 Å². The minimum absolute atomic E-state index is 0.0241. The molecule has 3 aliphatic rings. The highest BCUT2D eigenvalue weighted by Crippen LogP contribution is 2.46. The van der Waals surface area contributed by atoms with E-state index in [-0.39, 0.29) is 25.3 Å². The van der Waals surface area contributed by atoms with E-state index < -0.39 is 79.7 Å². The van der Waals surface area contributed by atoms with Crippen molar-refractivity contribution in [2.75, 3.05) is 6.54 Å². The predicted octanol–water partition coefficient (Wildman–Crippen LogP) is 5.74. The van der Waals surface area contributed by atoms with E-state index in [0.29, 0.717) is 45.3 Å². The molecule has 3 N–H and O–H groups in total. The molecule has 14 nitrogen and oxygen atoms in total. The van der Waals surface area contributed by atoms with Crippen LogP contribution in [0.15, 0.2) is 59.5 Å². The summed E-state index contributed by atoms with van der Waals surface area (Å²) in [4.78, 5) is 61.9. The van der Waals surface area contributed by atoms with Crippen LogP contribution in [0.4, 0.5) is 4.79 Å². The summed E-state index contributed by atoms with van der Waals surface area (Å²) in [5.41, 5.74) is -1.63. The predicted molar refractivity (Wildman–Crippen MR) is 210 cm³/mol. The van der Waals surface area contributed by atoms with Crippen molar-refractivity contribution in [3.8, 4) is 5.88 Å². The Kier molecular flexibility index (Phi) is 9.80. The van der Waals surface area contributed by atoms with Gasteiger partial charge < -0.3 is 29.4 Å². The second-order valence-electron chi connectivity index (χ2n) is 17.0. The lowest BCUT2D eigenvalue weighted by atomic mass is 9.85. The van der Waals surface area contributed by atoms with Crippen LogP contribution >= 0.6 is 11.6 Å². The highest BCUT2D eigenvalue weighted by Gasteiger charge is 2.62. The zero-order valence-corrected chi connectivity index (χ0v) is 33.7. The van der Waals surface area contributed by atoms with Crippen molar-refractivity contribution >= 4 is 78.3 Å². The third-order valence-electron chi connectivity index (χ3n) is 10.4. The van der Waals surface area contributed by atoms with Gasteiger partial charge in [0.1, 0.15) is 40.4 Å². The highest BCUT2D eigenvalue weighted by molar-refractivity contribution is 7.91. The van der Waals surface area contributed by atoms with Gasteiger partial charge in [-0.2, -0.15) is 0 Å². The molecule has 4 amide bonds. The molecule has 0 spiro atoms. The number of benzene rings is 2. The molecule has 0 radical (unpaired) electrons. The Balaban J connectivity index is 1.23. The largest absolute Gasteiger partial charge is 0.472 e. The number of likely N-dealkylation sites (tertiary alicyclic amines) is 1. The summed E-state index contributed by atoms with van der Waals surface area (Å²) in [5.74, 6) is -2.44. The minimum atomic E-state index is -3.92. The molecule has 4 aromatic rings. The monoisotopic (exact) mass is 807 g/mol. The zero-order valence-electron chi connectivity index (χ0n) is 32.1. The number of alkyl carbamates (subject to hydrolysis) is 1. The van der Waals surface area contributed by atoms with Gasteiger partial charge in [0.05, 0.1) is 11.8 Å². The molecule has 2 aliphatic carbocycles. The van der Waals surface area contributed by atoms with E-state index in [9.17, 15) is 27.6 Å². The maximum atomic E-state index is 14.6. The zero-order chi connectivity index (χ0) is 40.5. The molecule has 16 heteroatoms. The number of rotatable bonds is 10. The summed E-state index contributed by atoms with van der Waals surface area (Å²) in [6.07, 6.45) is 0.883. The third kappa shape index (κ3) is 7.62. The lowest BCUT2D eigenvalue weighted by Gasteiger charge is -2.36. The number of carbonyl (C=O) groups excluding carboxylic acids is 4. The van der Waals surface area contributed by atoms with E-state index in [1.165, 1.54) is 11.0 Å². The van der Waals surface area contributed by atoms with E-state index >= 15 is 0 Å². The summed E-state index contributed by atoms with van der Waals surface area (Å²) in [6, 6.07) is 10.3. The van der Waals surface area contributed by atoms with Gasteiger partial charge in [0.2, 0.25) is 27.7 Å². The van der Waals surface area contributed by atoms with Crippen LogP contribution in [-0.4, -0.2) is 83.2 Å². The van der Waals surface area contributed by atoms with Crippen LogP contribution in [-0.2, 0) is 29.1 Å². The van der Waals surface area contributed by atoms with Crippen molar-refractivity contribution in [3.05, 3.63) is 60.1 Å². The van der Waals surface area contributed by atoms with Crippen LogP contribution in [0.25, 0.3) is 32.8 Å². The van der Waals surface area contributed by atoms with E-state index in [1.54, 1.807) is 59.7 Å². The van der Waals surface area contributed by atoms with Crippen molar-refractivity contribution in [2.45, 2.75) is 102 Å². The van der Waals surface area contributed by atoms with Gasteiger partial charge in [-0.25, -0.2) is 18.2 Å². The second kappa shape index (κ2) is 13.9. The van der Waals surface area contributed by atoms with Crippen LogP contribution in [0.1, 0.15) is 67.2 Å². The fourth-order valence-corrected chi connectivity index (χ4v) is 8.80. The smallest absolute Gasteiger partial charge is 0.408 e. The number of nitrogens with zero attached hydrogens (tertiary/aromatic N) is 2. The summed E-state index contributed by atoms with van der Waals surface area (Å²) in [6.45, 7) is 14.1. The average Bonchev–Trinajstić information content (AvgIpc) is 4.02. The first-order valence-electron chi connectivity index (χ1n) is 18.6. The van der Waals surface area contributed by atoms with E-state index in [0.717, 1.165) is 5.39 Å². The number of aromatic nitrogens is 1. The first-order valence-corrected chi connectivity index (χ1v) is 20.5. The standard InChI is InChI=1S/C40H46ClN5O9S/c1-8-21-19-40(21,36(49)45-56(51,52)24-14-15-24)44-33(47)28-18-23(20-46(28)35(48)32(38(2,3)4)43-37(50)55-39(5,6)7)53-34-26-12-10-9-11-25(26)31-30(42-34)27-17-22(41)13-16-29(27)54-31/h8-13,16-17,21,23-24,28,32H,1,14-15,18-20H2,2-7H3,(H,43,50)(H,44,47)(H,45,49)/t21-,23-,28+,32-,40-/m1/s1. The summed E-state index contributed by atoms with van der Waals surface area (Å²) < 4.78 is 46.0. The molecule has 56 heavy (non-hydrogen) atoms. The molecule has 2 aromatic carbocycles. The van der Waals surface area contributed by atoms with Crippen molar-refractivity contribution in [1.29, 1.82) is 0 Å². The summed E-state index contributed by atoms with van der Waals surface area (Å²) in [7, 11) is -3.92. The molecule has 1 saturated heterocycles. The van der Waals surface area contributed by atoms with Gasteiger partial charge >= 0.3 is 6.09 Å². The lowest BCUT2D eigenvalue weighted by Crippen LogP contribution is -2.60. The molecule has 7 rings (SSSR count). The number of ether oxygens (including phenoxy) is 2. The van der Waals surface area contributed by atoms with Crippen molar-refractivity contribution in [2.24, 2.45) is 11.3 Å². The van der Waals surface area contributed by atoms with Crippen LogP contribution in [0.5, 0.6) is 5.88 Å². The third-order valence-corrected chi connectivity index (χ3v) is 12.4. The molecule has 1 aliphatic heterocycles. The van der Waals surface area contributed by atoms with Crippen LogP contribution in [0.3, 0.4) is 0 Å². The molecule has 3 heterocycles. The van der Waals surface area contributed by atoms with E-state index in [1.807, 2.05) is 24.3 Å². The number of halogens is 1. The Morgan fingerprint density at radius 1 is 1.05 bits per heavy atom. The molecular formula is C40H46ClN5O9S. The Morgan fingerprint density at radius 3 is 2.38 bits per heavy atom. The van der Waals surface area contributed by atoms with Crippen LogP contribution in [0, 0.1) is 11.3 Å². The lowest BCUT2D eigenvalue weighted by molar-refractivity contribution is -0.143. The summed E-state index contributed by atoms with van der Waals surface area (Å²) in [5, 5.41) is 7.39. The van der Waals surface area contributed by atoms with Gasteiger partial charge in [0.25, 0.3) is 5.91 Å². The van der Waals surface area contributed by atoms with Crippen LogP contribution in [0.2, 0.25) is 5.02 Å². The molecular weight excluding hydrogens is 762 g/mol. The molecule has 0 bridgehead atoms. The fraction of sp³-hybridized carbons (Fsp3) is 0.475. The number of fused-ring (bicyclic) bond motifs is 5. The Labute approximate surface area is 329 Å². The van der Waals surface area contributed by atoms with Gasteiger partial charge in [-0.1, -0.05) is 56.6 Å². The SMILES string of the molecule is C=C[C@@H]1C[C@]1(NC(=O)[C@@H]1C[C@@H](Oc2nc3c4cc(Cl)ccc4oc3c3ccccc23)CN1C(=O)[C@@H](NC(=O)OC(C)(C)C)C(C)(C)C)C(=O)NS(=O)(=O)C1CC1. The number of hydrogen-bond donors (Lipinski definition) is 3. The minimum Gasteiger partial charge on any atom is -0.472 e. The van der Waals surface area contributed by atoms with Gasteiger partial charge in [-0.3, -0.25) is 19.1 Å². The number of hydrogen-bond acceptors (Lipinski definition) is 10. The first kappa shape index (κ1) is 39.3. The quantitative estimate of drug-likeness (QED) is 0.167. The number of nitrogens with one attached hydrogen (secondary N) is 3. The number of pyridine rings is 1. The molecule has 5 atom stereocenters. The first-order chi connectivity index (χ1) is 26.2. The molecule has 3 fully saturated rings. The Morgan fingerprint density at radius 2 is 1.75 bits per heavy atom. The Bertz CT molecular complexity index is 2400. The molecule has 2 aromatic heterocycles. The molecule has 0 unspecified atom stereocenters. The topological polar surface area (TPSA) is 186 Å². The van der Waals surface area contributed by atoms with E-state index in [2.05, 4.69) is 21.9 Å². The van der Waals surface area contributed by atoms with Gasteiger partial charge in [0, 0.05) is 33.5 Å². The van der Waals surface area contributed by atoms with Gasteiger partial charge in [-0.15, -0.1) is 6.58 Å². The van der Waals surface area contributed by atoms with Crippen LogP contribution < -0.4 is 20.1 Å².